The van der Waals surface area contributed by atoms with Gasteiger partial charge >= 0.3 is 6.09 Å². The maximum atomic E-state index is 16.1. The van der Waals surface area contributed by atoms with Crippen molar-refractivity contribution < 1.29 is 31.8 Å². The lowest BCUT2D eigenvalue weighted by molar-refractivity contribution is 0.0210. The van der Waals surface area contributed by atoms with Gasteiger partial charge in [0.2, 0.25) is 5.95 Å². The lowest BCUT2D eigenvalue weighted by atomic mass is 9.97. The Bertz CT molecular complexity index is 2050. The quantitative estimate of drug-likeness (QED) is 0.181. The van der Waals surface area contributed by atoms with E-state index in [4.69, 9.17) is 21.3 Å². The molecule has 0 unspecified atom stereocenters. The molecule has 0 saturated carbocycles. The van der Waals surface area contributed by atoms with Gasteiger partial charge in [-0.2, -0.15) is 0 Å². The van der Waals surface area contributed by atoms with Crippen molar-refractivity contribution in [2.75, 3.05) is 23.1 Å². The van der Waals surface area contributed by atoms with Gasteiger partial charge in [0.1, 0.15) is 11.4 Å². The van der Waals surface area contributed by atoms with E-state index in [1.165, 1.54) is 12.1 Å². The van der Waals surface area contributed by atoms with Gasteiger partial charge in [-0.1, -0.05) is 18.5 Å². The molecule has 10 nitrogen and oxygen atoms in total. The summed E-state index contributed by atoms with van der Waals surface area (Å²) < 4.78 is 66.2. The van der Waals surface area contributed by atoms with Gasteiger partial charge < -0.3 is 20.1 Å². The number of hydrogen-bond donors (Lipinski definition) is 3. The summed E-state index contributed by atoms with van der Waals surface area (Å²) in [6, 6.07) is 8.08. The Kier molecular flexibility index (Phi) is 9.46. The second-order valence-electron chi connectivity index (χ2n) is 13.4. The molecule has 14 heteroatoms. The number of rotatable bonds is 7. The highest BCUT2D eigenvalue weighted by Gasteiger charge is 2.31. The predicted octanol–water partition coefficient (Wildman–Crippen LogP) is 7.38. The van der Waals surface area contributed by atoms with Crippen LogP contribution in [0.4, 0.5) is 25.2 Å². The zero-order chi connectivity index (χ0) is 35.2. The molecule has 1 aliphatic carbocycles. The van der Waals surface area contributed by atoms with Crippen molar-refractivity contribution in [3.63, 3.8) is 0 Å². The standard InChI is InChI=1S/C35H38ClF2N5O5S/c1-5-19-14-20(15-21-18-39-33(41-32(19)21)40-23-10-12-43(13-11-23)34(45)48-35(2,3)4)30-26(37)7-8-27(31(30)38)42-49(46,47)29-17-22(36)16-25-24(29)6-9-28(25)44/h7-8,14-18,23,28,42,44H,5-6,9-13H2,1-4H3,(H,39,40,41)/t28-/m1/s1. The predicted molar refractivity (Wildman–Crippen MR) is 184 cm³/mol. The van der Waals surface area contributed by atoms with E-state index in [2.05, 4.69) is 15.0 Å². The van der Waals surface area contributed by atoms with Crippen molar-refractivity contribution in [1.82, 2.24) is 14.9 Å². The average molecular weight is 714 g/mol. The summed E-state index contributed by atoms with van der Waals surface area (Å²) in [7, 11) is -4.36. The number of halogens is 3. The number of aliphatic hydroxyl groups is 1. The van der Waals surface area contributed by atoms with Crippen molar-refractivity contribution in [1.29, 1.82) is 0 Å². The molecule has 3 N–H and O–H groups in total. The molecule has 0 bridgehead atoms. The van der Waals surface area contributed by atoms with Crippen LogP contribution in [0.2, 0.25) is 5.02 Å². The molecule has 49 heavy (non-hydrogen) atoms. The summed E-state index contributed by atoms with van der Waals surface area (Å²) in [5.74, 6) is -1.55. The zero-order valence-corrected chi connectivity index (χ0v) is 29.2. The first-order chi connectivity index (χ1) is 23.1. The number of carbonyl (C=O) groups excluding carboxylic acids is 1. The minimum absolute atomic E-state index is 0.0354. The molecular weight excluding hydrogens is 676 g/mol. The Morgan fingerprint density at radius 3 is 2.55 bits per heavy atom. The first kappa shape index (κ1) is 34.8. The van der Waals surface area contributed by atoms with E-state index in [-0.39, 0.29) is 27.6 Å². The van der Waals surface area contributed by atoms with Crippen LogP contribution in [-0.4, -0.2) is 59.2 Å². The molecule has 2 heterocycles. The fraction of sp³-hybridized carbons (Fsp3) is 0.400. The summed E-state index contributed by atoms with van der Waals surface area (Å²) in [5, 5.41) is 14.3. The number of aromatic nitrogens is 2. The van der Waals surface area contributed by atoms with Crippen molar-refractivity contribution in [3.8, 4) is 11.1 Å². The minimum Gasteiger partial charge on any atom is -0.444 e. The number of ether oxygens (including phenoxy) is 1. The molecule has 0 radical (unpaired) electrons. The van der Waals surface area contributed by atoms with Crippen LogP contribution in [0.5, 0.6) is 0 Å². The van der Waals surface area contributed by atoms with Gasteiger partial charge in [-0.15, -0.1) is 0 Å². The molecule has 1 atom stereocenters. The summed E-state index contributed by atoms with van der Waals surface area (Å²) in [5.41, 5.74) is 0.961. The van der Waals surface area contributed by atoms with Gasteiger partial charge in [0.25, 0.3) is 10.0 Å². The molecule has 6 rings (SSSR count). The number of likely N-dealkylation sites (tertiary alicyclic amines) is 1. The lowest BCUT2D eigenvalue weighted by Crippen LogP contribution is -2.44. The third kappa shape index (κ3) is 7.29. The van der Waals surface area contributed by atoms with Crippen LogP contribution in [0.15, 0.2) is 47.5 Å². The number of anilines is 2. The van der Waals surface area contributed by atoms with E-state index in [1.54, 1.807) is 23.2 Å². The summed E-state index contributed by atoms with van der Waals surface area (Å²) in [4.78, 5) is 23.2. The normalized spacial score (nSPS) is 16.9. The number of fused-ring (bicyclic) bond motifs is 2. The van der Waals surface area contributed by atoms with Gasteiger partial charge in [-0.05, 0) is 112 Å². The van der Waals surface area contributed by atoms with Gasteiger partial charge in [0.05, 0.1) is 27.8 Å². The smallest absolute Gasteiger partial charge is 0.410 e. The molecule has 1 saturated heterocycles. The average Bonchev–Trinajstić information content (AvgIpc) is 3.41. The molecule has 4 aromatic rings. The molecular formula is C35H38ClF2N5O5S. The summed E-state index contributed by atoms with van der Waals surface area (Å²) in [6.45, 7) is 8.46. The number of piperidine rings is 1. The van der Waals surface area contributed by atoms with Crippen LogP contribution in [-0.2, 0) is 27.6 Å². The topological polar surface area (TPSA) is 134 Å². The maximum Gasteiger partial charge on any atom is 0.410 e. The van der Waals surface area contributed by atoms with Crippen molar-refractivity contribution in [3.05, 3.63) is 75.9 Å². The van der Waals surface area contributed by atoms with Crippen LogP contribution in [0.25, 0.3) is 22.0 Å². The number of aryl methyl sites for hydroxylation is 1. The molecule has 1 amide bonds. The number of sulfonamides is 1. The molecule has 260 valence electrons. The molecule has 2 aliphatic rings. The fourth-order valence-electron chi connectivity index (χ4n) is 6.39. The first-order valence-corrected chi connectivity index (χ1v) is 18.1. The number of hydrogen-bond acceptors (Lipinski definition) is 8. The monoisotopic (exact) mass is 713 g/mol. The molecule has 0 spiro atoms. The number of benzene rings is 3. The Morgan fingerprint density at radius 1 is 1.12 bits per heavy atom. The van der Waals surface area contributed by atoms with Crippen molar-refractivity contribution in [2.24, 2.45) is 0 Å². The number of amides is 1. The highest BCUT2D eigenvalue weighted by Crippen LogP contribution is 2.39. The van der Waals surface area contributed by atoms with E-state index in [0.29, 0.717) is 73.2 Å². The largest absolute Gasteiger partial charge is 0.444 e. The van der Waals surface area contributed by atoms with E-state index in [1.807, 2.05) is 27.7 Å². The first-order valence-electron chi connectivity index (χ1n) is 16.2. The molecule has 1 aromatic heterocycles. The Balaban J connectivity index is 1.25. The van der Waals surface area contributed by atoms with Crippen molar-refractivity contribution in [2.45, 2.75) is 82.4 Å². The highest BCUT2D eigenvalue weighted by molar-refractivity contribution is 7.92. The SMILES string of the molecule is CCc1cc(-c2c(F)ccc(NS(=O)(=O)c3cc(Cl)cc4c3CC[C@H]4O)c2F)cc2cnc(NC3CCN(C(=O)OC(C)(C)C)CC3)nc12. The summed E-state index contributed by atoms with van der Waals surface area (Å²) in [6.07, 6.45) is 2.90. The van der Waals surface area contributed by atoms with Crippen LogP contribution >= 0.6 is 11.6 Å². The second kappa shape index (κ2) is 13.3. The third-order valence-electron chi connectivity index (χ3n) is 8.77. The Labute approximate surface area is 288 Å². The second-order valence-corrected chi connectivity index (χ2v) is 15.5. The summed E-state index contributed by atoms with van der Waals surface area (Å²) >= 11 is 6.17. The number of aliphatic hydroxyl groups excluding tert-OH is 1. The zero-order valence-electron chi connectivity index (χ0n) is 27.6. The highest BCUT2D eigenvalue weighted by atomic mass is 35.5. The number of nitrogens with one attached hydrogen (secondary N) is 2. The van der Waals surface area contributed by atoms with Crippen LogP contribution in [0.3, 0.4) is 0 Å². The van der Waals surface area contributed by atoms with Gasteiger partial charge in [0.15, 0.2) is 5.82 Å². The van der Waals surface area contributed by atoms with Crippen molar-refractivity contribution >= 4 is 50.3 Å². The molecule has 1 aliphatic heterocycles. The fourth-order valence-corrected chi connectivity index (χ4v) is 8.06. The van der Waals surface area contributed by atoms with Gasteiger partial charge in [-0.25, -0.2) is 32.0 Å². The Hall–Kier alpha value is -4.07. The van der Waals surface area contributed by atoms with E-state index in [9.17, 15) is 18.3 Å². The Morgan fingerprint density at radius 2 is 1.86 bits per heavy atom. The van der Waals surface area contributed by atoms with Gasteiger partial charge in [0, 0.05) is 35.7 Å². The van der Waals surface area contributed by atoms with E-state index < -0.39 is 44.6 Å². The maximum absolute atomic E-state index is 16.1. The van der Waals surface area contributed by atoms with E-state index in [0.717, 1.165) is 17.7 Å². The van der Waals surface area contributed by atoms with Crippen LogP contribution in [0, 0.1) is 11.6 Å². The van der Waals surface area contributed by atoms with E-state index >= 15 is 8.78 Å². The third-order valence-corrected chi connectivity index (χ3v) is 10.4. The molecule has 3 aromatic carbocycles. The number of nitrogens with zero attached hydrogens (tertiary/aromatic N) is 3. The van der Waals surface area contributed by atoms with Crippen LogP contribution < -0.4 is 10.0 Å². The van der Waals surface area contributed by atoms with Gasteiger partial charge in [-0.3, -0.25) is 4.72 Å². The molecule has 1 fully saturated rings. The number of carbonyl (C=O) groups is 1. The van der Waals surface area contributed by atoms with Crippen LogP contribution in [0.1, 0.15) is 69.8 Å². The lowest BCUT2D eigenvalue weighted by Gasteiger charge is -2.33. The minimum atomic E-state index is -4.36.